The van der Waals surface area contributed by atoms with Crippen molar-refractivity contribution in [1.82, 2.24) is 9.80 Å². The Morgan fingerprint density at radius 2 is 1.96 bits per heavy atom. The lowest BCUT2D eigenvalue weighted by Crippen LogP contribution is -2.48. The molecule has 0 unspecified atom stereocenters. The van der Waals surface area contributed by atoms with Crippen molar-refractivity contribution in [2.24, 2.45) is 5.92 Å². The monoisotopic (exact) mass is 315 g/mol. The van der Waals surface area contributed by atoms with Gasteiger partial charge < -0.3 is 9.64 Å². The second kappa shape index (κ2) is 8.54. The molecule has 23 heavy (non-hydrogen) atoms. The first kappa shape index (κ1) is 17.3. The summed E-state index contributed by atoms with van der Waals surface area (Å²) in [6, 6.07) is 9.63. The van der Waals surface area contributed by atoms with Crippen LogP contribution in [0.3, 0.4) is 0 Å². The number of nitrogens with zero attached hydrogens (tertiary/aromatic N) is 3. The molecule has 1 aliphatic heterocycles. The molecule has 0 aromatic heterocycles. The SMILES string of the molecule is CC(C)COc1ccccc1C(=O)N1CCN(CCC#N)CC1. The van der Waals surface area contributed by atoms with Crippen LogP contribution in [-0.2, 0) is 0 Å². The van der Waals surface area contributed by atoms with Gasteiger partial charge in [0, 0.05) is 39.1 Å². The Morgan fingerprint density at radius 1 is 1.26 bits per heavy atom. The average Bonchev–Trinajstić information content (AvgIpc) is 2.58. The maximum atomic E-state index is 12.8. The third-order valence-corrected chi connectivity index (χ3v) is 3.89. The second-order valence-electron chi connectivity index (χ2n) is 6.24. The minimum atomic E-state index is 0.0317. The number of ether oxygens (including phenoxy) is 1. The third-order valence-electron chi connectivity index (χ3n) is 3.89. The molecule has 1 aromatic rings. The van der Waals surface area contributed by atoms with Crippen LogP contribution in [0, 0.1) is 17.2 Å². The van der Waals surface area contributed by atoms with Crippen molar-refractivity contribution < 1.29 is 9.53 Å². The van der Waals surface area contributed by atoms with Crippen molar-refractivity contribution >= 4 is 5.91 Å². The summed E-state index contributed by atoms with van der Waals surface area (Å²) in [4.78, 5) is 16.9. The summed E-state index contributed by atoms with van der Waals surface area (Å²) in [5.74, 6) is 1.12. The van der Waals surface area contributed by atoms with Gasteiger partial charge in [0.1, 0.15) is 5.75 Å². The van der Waals surface area contributed by atoms with Crippen molar-refractivity contribution in [3.05, 3.63) is 29.8 Å². The number of hydrogen-bond acceptors (Lipinski definition) is 4. The zero-order chi connectivity index (χ0) is 16.7. The zero-order valence-corrected chi connectivity index (χ0v) is 14.0. The standard InChI is InChI=1S/C18H25N3O2/c1-15(2)14-23-17-7-4-3-6-16(17)18(22)21-12-10-20(11-13-21)9-5-8-19/h3-4,6-7,15H,5,9-14H2,1-2H3. The topological polar surface area (TPSA) is 56.6 Å². The number of benzene rings is 1. The van der Waals surface area contributed by atoms with Crippen molar-refractivity contribution in [3.8, 4) is 11.8 Å². The lowest BCUT2D eigenvalue weighted by Gasteiger charge is -2.34. The van der Waals surface area contributed by atoms with Crippen molar-refractivity contribution in [2.75, 3.05) is 39.3 Å². The number of nitriles is 1. The normalized spacial score (nSPS) is 15.5. The van der Waals surface area contributed by atoms with E-state index in [0.717, 1.165) is 19.6 Å². The van der Waals surface area contributed by atoms with E-state index in [1.807, 2.05) is 29.2 Å². The molecular formula is C18H25N3O2. The van der Waals surface area contributed by atoms with Crippen molar-refractivity contribution in [2.45, 2.75) is 20.3 Å². The minimum absolute atomic E-state index is 0.0317. The summed E-state index contributed by atoms with van der Waals surface area (Å²) in [5.41, 5.74) is 0.638. The van der Waals surface area contributed by atoms with Gasteiger partial charge in [-0.25, -0.2) is 0 Å². The molecule has 124 valence electrons. The van der Waals surface area contributed by atoms with Crippen LogP contribution < -0.4 is 4.74 Å². The highest BCUT2D eigenvalue weighted by Gasteiger charge is 2.24. The van der Waals surface area contributed by atoms with Gasteiger partial charge in [-0.15, -0.1) is 0 Å². The van der Waals surface area contributed by atoms with Gasteiger partial charge in [-0.3, -0.25) is 9.69 Å². The predicted molar refractivity (Wildman–Crippen MR) is 89.3 cm³/mol. The number of carbonyl (C=O) groups is 1. The summed E-state index contributed by atoms with van der Waals surface area (Å²) in [5, 5.41) is 8.65. The predicted octanol–water partition coefficient (Wildman–Crippen LogP) is 2.39. The van der Waals surface area contributed by atoms with Gasteiger partial charge in [-0.1, -0.05) is 26.0 Å². The smallest absolute Gasteiger partial charge is 0.257 e. The van der Waals surface area contributed by atoms with Gasteiger partial charge in [0.25, 0.3) is 5.91 Å². The molecule has 0 atom stereocenters. The molecule has 5 nitrogen and oxygen atoms in total. The Hall–Kier alpha value is -2.06. The Morgan fingerprint density at radius 3 is 2.61 bits per heavy atom. The molecule has 1 fully saturated rings. The van der Waals surface area contributed by atoms with E-state index in [2.05, 4.69) is 24.8 Å². The highest BCUT2D eigenvalue weighted by Crippen LogP contribution is 2.21. The maximum absolute atomic E-state index is 12.8. The van der Waals surface area contributed by atoms with Gasteiger partial charge in [0.15, 0.2) is 0 Å². The lowest BCUT2D eigenvalue weighted by molar-refractivity contribution is 0.0635. The summed E-state index contributed by atoms with van der Waals surface area (Å²) in [6.07, 6.45) is 0.541. The summed E-state index contributed by atoms with van der Waals surface area (Å²) >= 11 is 0. The van der Waals surface area contributed by atoms with Crippen molar-refractivity contribution in [1.29, 1.82) is 5.26 Å². The Kier molecular flexibility index (Phi) is 6.42. The van der Waals surface area contributed by atoms with Gasteiger partial charge in [-0.2, -0.15) is 5.26 Å². The van der Waals surface area contributed by atoms with E-state index < -0.39 is 0 Å². The summed E-state index contributed by atoms with van der Waals surface area (Å²) < 4.78 is 5.79. The van der Waals surface area contributed by atoms with Gasteiger partial charge in [0.05, 0.1) is 18.2 Å². The summed E-state index contributed by atoms with van der Waals surface area (Å²) in [7, 11) is 0. The molecule has 1 aliphatic rings. The van der Waals surface area contributed by atoms with E-state index in [4.69, 9.17) is 10.00 Å². The maximum Gasteiger partial charge on any atom is 0.257 e. The number of para-hydroxylation sites is 1. The van der Waals surface area contributed by atoms with Crippen LogP contribution in [0.25, 0.3) is 0 Å². The average molecular weight is 315 g/mol. The van der Waals surface area contributed by atoms with Crippen LogP contribution in [-0.4, -0.2) is 55.0 Å². The molecule has 0 N–H and O–H groups in total. The van der Waals surface area contributed by atoms with Gasteiger partial charge >= 0.3 is 0 Å². The van der Waals surface area contributed by atoms with Gasteiger partial charge in [0.2, 0.25) is 0 Å². The van der Waals surface area contributed by atoms with Crippen LogP contribution in [0.4, 0.5) is 0 Å². The molecule has 0 saturated carbocycles. The molecule has 1 aromatic carbocycles. The van der Waals surface area contributed by atoms with E-state index >= 15 is 0 Å². The van der Waals surface area contributed by atoms with Crippen molar-refractivity contribution in [3.63, 3.8) is 0 Å². The van der Waals surface area contributed by atoms with Crippen LogP contribution in [0.2, 0.25) is 0 Å². The molecule has 0 aliphatic carbocycles. The zero-order valence-electron chi connectivity index (χ0n) is 14.0. The van der Waals surface area contributed by atoms with E-state index in [1.54, 1.807) is 0 Å². The quantitative estimate of drug-likeness (QED) is 0.809. The van der Waals surface area contributed by atoms with Crippen LogP contribution in [0.1, 0.15) is 30.6 Å². The number of carbonyl (C=O) groups excluding carboxylic acids is 1. The molecule has 1 amide bonds. The first-order chi connectivity index (χ1) is 11.1. The fourth-order valence-electron chi connectivity index (χ4n) is 2.58. The van der Waals surface area contributed by atoms with Crippen LogP contribution in [0.5, 0.6) is 5.75 Å². The first-order valence-corrected chi connectivity index (χ1v) is 8.22. The molecule has 0 radical (unpaired) electrons. The molecule has 0 bridgehead atoms. The van der Waals surface area contributed by atoms with Gasteiger partial charge in [-0.05, 0) is 18.1 Å². The number of hydrogen-bond donors (Lipinski definition) is 0. The van der Waals surface area contributed by atoms with E-state index in [0.29, 0.717) is 43.3 Å². The summed E-state index contributed by atoms with van der Waals surface area (Å²) in [6.45, 7) is 8.60. The first-order valence-electron chi connectivity index (χ1n) is 8.22. The lowest BCUT2D eigenvalue weighted by atomic mass is 10.1. The van der Waals surface area contributed by atoms with Crippen LogP contribution >= 0.6 is 0 Å². The number of piperazine rings is 1. The highest BCUT2D eigenvalue weighted by atomic mass is 16.5. The molecule has 1 heterocycles. The molecule has 0 spiro atoms. The number of rotatable bonds is 6. The number of amides is 1. The van der Waals surface area contributed by atoms with Crippen LogP contribution in [0.15, 0.2) is 24.3 Å². The van der Waals surface area contributed by atoms with E-state index in [1.165, 1.54) is 0 Å². The van der Waals surface area contributed by atoms with E-state index in [9.17, 15) is 4.79 Å². The largest absolute Gasteiger partial charge is 0.492 e. The molecule has 5 heteroatoms. The fourth-order valence-corrected chi connectivity index (χ4v) is 2.58. The molecule has 2 rings (SSSR count). The Bertz CT molecular complexity index is 558. The highest BCUT2D eigenvalue weighted by molar-refractivity contribution is 5.97. The molecule has 1 saturated heterocycles. The third kappa shape index (κ3) is 4.97. The molecular weight excluding hydrogens is 290 g/mol. The second-order valence-corrected chi connectivity index (χ2v) is 6.24. The fraction of sp³-hybridized carbons (Fsp3) is 0.556. The Balaban J connectivity index is 1.97. The minimum Gasteiger partial charge on any atom is -0.492 e. The Labute approximate surface area is 138 Å². The van der Waals surface area contributed by atoms with E-state index in [-0.39, 0.29) is 5.91 Å².